The summed E-state index contributed by atoms with van der Waals surface area (Å²) in [6.45, 7) is 0. The average molecular weight is 204 g/mol. The second kappa shape index (κ2) is 3.85. The molecule has 1 saturated carbocycles. The first-order valence-corrected chi connectivity index (χ1v) is 5.04. The zero-order valence-corrected chi connectivity index (χ0v) is 8.27. The lowest BCUT2D eigenvalue weighted by Crippen LogP contribution is -2.08. The molecule has 1 aliphatic carbocycles. The summed E-state index contributed by atoms with van der Waals surface area (Å²) in [5.74, 6) is -0.593. The van der Waals surface area contributed by atoms with Crippen LogP contribution < -0.4 is 0 Å². The molecule has 0 aromatic heterocycles. The van der Waals surface area contributed by atoms with E-state index in [0.717, 1.165) is 12.8 Å². The van der Waals surface area contributed by atoms with Gasteiger partial charge in [-0.05, 0) is 24.8 Å². The lowest BCUT2D eigenvalue weighted by molar-refractivity contribution is 0.0691. The molecule has 3 heteroatoms. The molecule has 3 nitrogen and oxygen atoms in total. The number of ketones is 1. The van der Waals surface area contributed by atoms with Crippen molar-refractivity contribution in [3.63, 3.8) is 0 Å². The highest BCUT2D eigenvalue weighted by atomic mass is 16.4. The number of rotatable bonds is 4. The number of hydrogen-bond acceptors (Lipinski definition) is 2. The third-order valence-corrected chi connectivity index (χ3v) is 2.63. The van der Waals surface area contributed by atoms with E-state index in [4.69, 9.17) is 5.11 Å². The highest BCUT2D eigenvalue weighted by molar-refractivity contribution is 6.05. The molecule has 0 spiro atoms. The first-order valence-electron chi connectivity index (χ1n) is 5.04. The fourth-order valence-electron chi connectivity index (χ4n) is 1.61. The van der Waals surface area contributed by atoms with Gasteiger partial charge in [-0.25, -0.2) is 4.79 Å². The molecule has 0 aliphatic heterocycles. The van der Waals surface area contributed by atoms with Crippen LogP contribution in [0.1, 0.15) is 40.0 Å². The Morgan fingerprint density at radius 2 is 1.80 bits per heavy atom. The minimum absolute atomic E-state index is 0.0458. The van der Waals surface area contributed by atoms with E-state index in [9.17, 15) is 9.59 Å². The summed E-state index contributed by atoms with van der Waals surface area (Å²) < 4.78 is 0. The Morgan fingerprint density at radius 3 is 2.33 bits per heavy atom. The van der Waals surface area contributed by atoms with E-state index in [2.05, 4.69) is 0 Å². The van der Waals surface area contributed by atoms with Gasteiger partial charge in [-0.1, -0.05) is 18.2 Å². The van der Waals surface area contributed by atoms with Crippen molar-refractivity contribution >= 4 is 11.8 Å². The summed E-state index contributed by atoms with van der Waals surface area (Å²) in [5, 5.41) is 8.91. The summed E-state index contributed by atoms with van der Waals surface area (Å²) in [4.78, 5) is 22.6. The van der Waals surface area contributed by atoms with E-state index in [1.165, 1.54) is 6.07 Å². The molecule has 15 heavy (non-hydrogen) atoms. The first-order chi connectivity index (χ1) is 7.18. The van der Waals surface area contributed by atoms with Gasteiger partial charge in [0.2, 0.25) is 0 Å². The van der Waals surface area contributed by atoms with Gasteiger partial charge in [0, 0.05) is 12.0 Å². The van der Waals surface area contributed by atoms with Crippen LogP contribution in [0.4, 0.5) is 0 Å². The maximum Gasteiger partial charge on any atom is 0.336 e. The fraction of sp³-hybridized carbons (Fsp3) is 0.333. The van der Waals surface area contributed by atoms with E-state index in [1.807, 2.05) is 0 Å². The minimum atomic E-state index is -1.03. The molecule has 2 rings (SSSR count). The van der Waals surface area contributed by atoms with Crippen molar-refractivity contribution in [2.24, 2.45) is 5.92 Å². The summed E-state index contributed by atoms with van der Waals surface area (Å²) in [5.41, 5.74) is 0.458. The van der Waals surface area contributed by atoms with Crippen LogP contribution >= 0.6 is 0 Å². The van der Waals surface area contributed by atoms with Crippen molar-refractivity contribution in [2.45, 2.75) is 19.3 Å². The van der Waals surface area contributed by atoms with Crippen LogP contribution in [0.2, 0.25) is 0 Å². The summed E-state index contributed by atoms with van der Waals surface area (Å²) in [6.07, 6.45) is 2.69. The maximum absolute atomic E-state index is 11.8. The van der Waals surface area contributed by atoms with Gasteiger partial charge in [-0.3, -0.25) is 4.79 Å². The van der Waals surface area contributed by atoms with Crippen molar-refractivity contribution < 1.29 is 14.7 Å². The van der Waals surface area contributed by atoms with Gasteiger partial charge in [-0.2, -0.15) is 0 Å². The SMILES string of the molecule is O=C(O)c1ccccc1C(=O)CC1CC1. The summed E-state index contributed by atoms with van der Waals surface area (Å²) >= 11 is 0. The number of carbonyl (C=O) groups excluding carboxylic acids is 1. The van der Waals surface area contributed by atoms with Crippen LogP contribution in [0.15, 0.2) is 24.3 Å². The predicted octanol–water partition coefficient (Wildman–Crippen LogP) is 2.37. The number of Topliss-reactive ketones (excluding diaryl/α,β-unsaturated/α-hetero) is 1. The van der Waals surface area contributed by atoms with Crippen molar-refractivity contribution in [1.82, 2.24) is 0 Å². The first kappa shape index (κ1) is 9.90. The normalized spacial score (nSPS) is 14.9. The topological polar surface area (TPSA) is 54.4 Å². The van der Waals surface area contributed by atoms with Gasteiger partial charge in [0.05, 0.1) is 5.56 Å². The number of benzene rings is 1. The quantitative estimate of drug-likeness (QED) is 0.766. The van der Waals surface area contributed by atoms with E-state index < -0.39 is 5.97 Å². The Balaban J connectivity index is 2.24. The Hall–Kier alpha value is -1.64. The molecule has 1 aromatic carbocycles. The van der Waals surface area contributed by atoms with E-state index in [-0.39, 0.29) is 11.3 Å². The predicted molar refractivity (Wildman–Crippen MR) is 55.1 cm³/mol. The van der Waals surface area contributed by atoms with Gasteiger partial charge in [0.15, 0.2) is 5.78 Å². The largest absolute Gasteiger partial charge is 0.478 e. The smallest absolute Gasteiger partial charge is 0.336 e. The molecule has 0 bridgehead atoms. The van der Waals surface area contributed by atoms with Crippen molar-refractivity contribution in [2.75, 3.05) is 0 Å². The maximum atomic E-state index is 11.8. The number of carbonyl (C=O) groups is 2. The molecule has 1 aromatic rings. The molecule has 1 aliphatic rings. The molecule has 0 heterocycles. The van der Waals surface area contributed by atoms with Crippen molar-refractivity contribution in [3.8, 4) is 0 Å². The van der Waals surface area contributed by atoms with Gasteiger partial charge < -0.3 is 5.11 Å². The Bertz CT molecular complexity index is 405. The summed E-state index contributed by atoms with van der Waals surface area (Å²) in [6, 6.07) is 6.40. The molecular weight excluding hydrogens is 192 g/mol. The molecule has 1 fully saturated rings. The van der Waals surface area contributed by atoms with Crippen LogP contribution in [0.5, 0.6) is 0 Å². The highest BCUT2D eigenvalue weighted by Gasteiger charge is 2.26. The van der Waals surface area contributed by atoms with Crippen molar-refractivity contribution in [1.29, 1.82) is 0 Å². The standard InChI is InChI=1S/C12H12O3/c13-11(7-8-5-6-8)9-3-1-2-4-10(9)12(14)15/h1-4,8H,5-7H2,(H,14,15). The van der Waals surface area contributed by atoms with E-state index >= 15 is 0 Å². The van der Waals surface area contributed by atoms with Crippen LogP contribution in [-0.4, -0.2) is 16.9 Å². The van der Waals surface area contributed by atoms with Crippen LogP contribution in [0.25, 0.3) is 0 Å². The third-order valence-electron chi connectivity index (χ3n) is 2.63. The molecule has 0 atom stereocenters. The Kier molecular flexibility index (Phi) is 2.54. The van der Waals surface area contributed by atoms with Crippen LogP contribution in [0, 0.1) is 5.92 Å². The molecule has 0 radical (unpaired) electrons. The number of carboxylic acids is 1. The molecule has 0 amide bonds. The molecule has 1 N–H and O–H groups in total. The molecular formula is C12H12O3. The zero-order chi connectivity index (χ0) is 10.8. The van der Waals surface area contributed by atoms with Gasteiger partial charge in [0.1, 0.15) is 0 Å². The zero-order valence-electron chi connectivity index (χ0n) is 8.27. The second-order valence-electron chi connectivity index (χ2n) is 3.92. The summed E-state index contributed by atoms with van der Waals surface area (Å²) in [7, 11) is 0. The lowest BCUT2D eigenvalue weighted by Gasteiger charge is -2.03. The van der Waals surface area contributed by atoms with E-state index in [0.29, 0.717) is 17.9 Å². The Labute approximate surface area is 87.7 Å². The van der Waals surface area contributed by atoms with Gasteiger partial charge >= 0.3 is 5.97 Å². The average Bonchev–Trinajstić information content (AvgIpc) is 3.01. The molecule has 0 unspecified atom stereocenters. The molecule has 78 valence electrons. The van der Waals surface area contributed by atoms with Gasteiger partial charge in [-0.15, -0.1) is 0 Å². The van der Waals surface area contributed by atoms with Crippen molar-refractivity contribution in [3.05, 3.63) is 35.4 Å². The third kappa shape index (κ3) is 2.24. The lowest BCUT2D eigenvalue weighted by atomic mass is 10.0. The monoisotopic (exact) mass is 204 g/mol. The number of hydrogen-bond donors (Lipinski definition) is 1. The molecule has 0 saturated heterocycles. The van der Waals surface area contributed by atoms with Crippen LogP contribution in [-0.2, 0) is 0 Å². The number of aromatic carboxylic acids is 1. The fourth-order valence-corrected chi connectivity index (χ4v) is 1.61. The second-order valence-corrected chi connectivity index (χ2v) is 3.92. The Morgan fingerprint density at radius 1 is 1.20 bits per heavy atom. The van der Waals surface area contributed by atoms with Gasteiger partial charge in [0.25, 0.3) is 0 Å². The van der Waals surface area contributed by atoms with E-state index in [1.54, 1.807) is 18.2 Å². The number of carboxylic acid groups (broad SMARTS) is 1. The highest BCUT2D eigenvalue weighted by Crippen LogP contribution is 2.33. The van der Waals surface area contributed by atoms with Crippen LogP contribution in [0.3, 0.4) is 0 Å². The minimum Gasteiger partial charge on any atom is -0.478 e.